The molecule has 0 bridgehead atoms. The molecule has 5 nitrogen and oxygen atoms in total. The minimum atomic E-state index is -2.83. The number of aliphatic hydroxyl groups excluding tert-OH is 1. The molecular weight excluding hydrogens is 693 g/mol. The molecule has 0 fully saturated rings. The van der Waals surface area contributed by atoms with Crippen molar-refractivity contribution in [2.24, 2.45) is 23.2 Å². The number of Topliss-reactive ketones (excluding diaryl/α,β-unsaturated/α-hetero) is 1. The lowest BCUT2D eigenvalue weighted by Gasteiger charge is -2.48. The number of aliphatic hydroxyl groups is 1. The standard InChI is InChI=1S/C44H78O5Si3/c1-18-51(19-2,20-3)49-41(34(5)38(45)31-39(46)42(7,8)9)35(6)40(48-50(16,17)43(10,11)12)33(4)32-47-52(44(13,14)15,36-27-23-21-24-28-36)37-29-25-22-26-30-37/h21-30,33-35,38,40-41,45H,18-20,31-32H2,1-17H3/t33-,34+,35+,38+,40+,41+/m1/s1/i31D/t31-,33-,34+,35+,38+,40+,41+. The van der Waals surface area contributed by atoms with Crippen molar-refractivity contribution in [3.05, 3.63) is 60.7 Å². The lowest BCUT2D eigenvalue weighted by molar-refractivity contribution is -0.130. The summed E-state index contributed by atoms with van der Waals surface area (Å²) in [6.07, 6.45) is -3.11. The molecule has 0 saturated heterocycles. The van der Waals surface area contributed by atoms with Crippen molar-refractivity contribution in [3.63, 3.8) is 0 Å². The summed E-state index contributed by atoms with van der Waals surface area (Å²) < 4.78 is 31.4. The minimum Gasteiger partial charge on any atom is -0.413 e. The number of hydrogen-bond acceptors (Lipinski definition) is 5. The van der Waals surface area contributed by atoms with Crippen LogP contribution >= 0.6 is 0 Å². The molecule has 0 aliphatic heterocycles. The van der Waals surface area contributed by atoms with Crippen LogP contribution < -0.4 is 10.4 Å². The largest absolute Gasteiger partial charge is 0.413 e. The van der Waals surface area contributed by atoms with E-state index in [-0.39, 0.29) is 33.8 Å². The second kappa shape index (κ2) is 18.5. The Morgan fingerprint density at radius 1 is 0.712 bits per heavy atom. The van der Waals surface area contributed by atoms with Gasteiger partial charge in [-0.2, -0.15) is 0 Å². The van der Waals surface area contributed by atoms with Crippen molar-refractivity contribution in [1.82, 2.24) is 0 Å². The van der Waals surface area contributed by atoms with Crippen LogP contribution in [0.4, 0.5) is 0 Å². The van der Waals surface area contributed by atoms with Gasteiger partial charge in [0.15, 0.2) is 16.6 Å². The maximum atomic E-state index is 13.4. The topological polar surface area (TPSA) is 65.0 Å². The van der Waals surface area contributed by atoms with Crippen LogP contribution in [-0.4, -0.2) is 60.8 Å². The Kier molecular flexibility index (Phi) is 16.0. The van der Waals surface area contributed by atoms with E-state index in [1.165, 1.54) is 10.4 Å². The van der Waals surface area contributed by atoms with E-state index in [9.17, 15) is 9.90 Å². The summed E-state index contributed by atoms with van der Waals surface area (Å²) >= 11 is 0. The molecule has 2 aromatic rings. The van der Waals surface area contributed by atoms with Crippen LogP contribution in [-0.2, 0) is 18.1 Å². The van der Waals surface area contributed by atoms with E-state index in [1.54, 1.807) is 0 Å². The highest BCUT2D eigenvalue weighted by Gasteiger charge is 2.52. The quantitative estimate of drug-likeness (QED) is 0.144. The van der Waals surface area contributed by atoms with Crippen LogP contribution in [0.15, 0.2) is 60.7 Å². The molecular formula is C44H78O5Si3. The highest BCUT2D eigenvalue weighted by molar-refractivity contribution is 6.99. The molecule has 0 aromatic heterocycles. The number of ketones is 1. The molecule has 52 heavy (non-hydrogen) atoms. The van der Waals surface area contributed by atoms with Crippen molar-refractivity contribution < 1.29 is 24.5 Å². The first-order valence-corrected chi connectivity index (χ1v) is 27.4. The molecule has 7 atom stereocenters. The Hall–Kier alpha value is -1.40. The molecule has 0 unspecified atom stereocenters. The SMILES string of the molecule is [2H][C@@H](C(=O)C(C)(C)C)[C@H](O)[C@H](C)[C@H](O[Si](CC)(CC)CC)[C@@H](C)[C@@H](O[Si](C)(C)C(C)(C)C)[C@H](C)CO[Si](c1ccccc1)(c1ccccc1)C(C)(C)C. The van der Waals surface area contributed by atoms with E-state index < -0.39 is 54.9 Å². The summed E-state index contributed by atoms with van der Waals surface area (Å²) in [6.45, 7) is 37.5. The van der Waals surface area contributed by atoms with Crippen LogP contribution in [0.3, 0.4) is 0 Å². The van der Waals surface area contributed by atoms with Gasteiger partial charge in [-0.15, -0.1) is 0 Å². The van der Waals surface area contributed by atoms with Gasteiger partial charge in [0.05, 0.1) is 18.3 Å². The van der Waals surface area contributed by atoms with Crippen LogP contribution in [0, 0.1) is 23.2 Å². The number of hydrogen-bond donors (Lipinski definition) is 1. The molecule has 8 heteroatoms. The molecule has 0 saturated carbocycles. The average Bonchev–Trinajstić information content (AvgIpc) is 3.09. The van der Waals surface area contributed by atoms with Gasteiger partial charge >= 0.3 is 0 Å². The summed E-state index contributed by atoms with van der Waals surface area (Å²) in [4.78, 5) is 13.4. The Bertz CT molecular complexity index is 1350. The maximum Gasteiger partial charge on any atom is 0.261 e. The number of benzene rings is 2. The zero-order valence-corrected chi connectivity index (χ0v) is 39.2. The third-order valence-electron chi connectivity index (χ3n) is 12.3. The maximum absolute atomic E-state index is 13.4. The molecule has 0 heterocycles. The molecule has 0 amide bonds. The second-order valence-corrected chi connectivity index (χ2v) is 32.9. The fourth-order valence-corrected chi connectivity index (χ4v) is 16.4. The normalized spacial score (nSPS) is 18.2. The summed E-state index contributed by atoms with van der Waals surface area (Å²) in [5, 5.41) is 14.1. The van der Waals surface area contributed by atoms with Gasteiger partial charge < -0.3 is 18.4 Å². The van der Waals surface area contributed by atoms with E-state index >= 15 is 0 Å². The first kappa shape index (κ1) is 45.0. The first-order chi connectivity index (χ1) is 24.3. The zero-order chi connectivity index (χ0) is 40.8. The molecule has 296 valence electrons. The Morgan fingerprint density at radius 2 is 1.15 bits per heavy atom. The van der Waals surface area contributed by atoms with E-state index in [1.807, 2.05) is 27.7 Å². The van der Waals surface area contributed by atoms with Gasteiger partial charge in [0.2, 0.25) is 0 Å². The smallest absolute Gasteiger partial charge is 0.261 e. The van der Waals surface area contributed by atoms with Crippen LogP contribution in [0.25, 0.3) is 0 Å². The summed E-state index contributed by atoms with van der Waals surface area (Å²) in [6, 6.07) is 24.4. The predicted molar refractivity (Wildman–Crippen MR) is 230 cm³/mol. The predicted octanol–water partition coefficient (Wildman–Crippen LogP) is 10.6. The van der Waals surface area contributed by atoms with Crippen LogP contribution in [0.1, 0.15) is 112 Å². The highest BCUT2D eigenvalue weighted by Crippen LogP contribution is 2.43. The summed E-state index contributed by atoms with van der Waals surface area (Å²) in [7, 11) is -7.37. The molecule has 0 radical (unpaired) electrons. The molecule has 0 aliphatic carbocycles. The zero-order valence-electron chi connectivity index (χ0n) is 37.2. The molecule has 0 spiro atoms. The Labute approximate surface area is 324 Å². The lowest BCUT2D eigenvalue weighted by Crippen LogP contribution is -2.67. The lowest BCUT2D eigenvalue weighted by atomic mass is 9.79. The number of carbonyl (C=O) groups is 1. The van der Waals surface area contributed by atoms with Gasteiger partial charge in [0.1, 0.15) is 5.78 Å². The molecule has 2 rings (SSSR count). The van der Waals surface area contributed by atoms with Crippen molar-refractivity contribution in [1.29, 1.82) is 0 Å². The Balaban J connectivity index is 2.78. The van der Waals surface area contributed by atoms with E-state index in [4.69, 9.17) is 14.6 Å². The summed E-state index contributed by atoms with van der Waals surface area (Å²) in [5.74, 6) is -0.903. The van der Waals surface area contributed by atoms with E-state index in [2.05, 4.69) is 150 Å². The van der Waals surface area contributed by atoms with Gasteiger partial charge in [-0.3, -0.25) is 4.79 Å². The van der Waals surface area contributed by atoms with Crippen LogP contribution in [0.5, 0.6) is 0 Å². The van der Waals surface area contributed by atoms with Crippen LogP contribution in [0.2, 0.25) is 41.3 Å². The third-order valence-corrected chi connectivity index (χ3v) is 26.4. The third kappa shape index (κ3) is 11.1. The molecule has 0 aliphatic rings. The molecule has 2 aromatic carbocycles. The van der Waals surface area contributed by atoms with Crippen molar-refractivity contribution in [2.45, 2.75) is 170 Å². The fourth-order valence-electron chi connectivity index (χ4n) is 7.29. The number of rotatable bonds is 19. The van der Waals surface area contributed by atoms with Crippen molar-refractivity contribution in [3.8, 4) is 0 Å². The van der Waals surface area contributed by atoms with Gasteiger partial charge in [-0.05, 0) is 51.7 Å². The van der Waals surface area contributed by atoms with Gasteiger partial charge in [0.25, 0.3) is 8.32 Å². The fraction of sp³-hybridized carbons (Fsp3) is 0.705. The Morgan fingerprint density at radius 3 is 1.52 bits per heavy atom. The molecule has 1 N–H and O–H groups in total. The van der Waals surface area contributed by atoms with Crippen molar-refractivity contribution >= 4 is 41.1 Å². The highest BCUT2D eigenvalue weighted by atomic mass is 28.4. The van der Waals surface area contributed by atoms with Crippen molar-refractivity contribution in [2.75, 3.05) is 6.61 Å². The van der Waals surface area contributed by atoms with Gasteiger partial charge in [-0.1, -0.05) is 165 Å². The number of carbonyl (C=O) groups excluding carboxylic acids is 1. The van der Waals surface area contributed by atoms with Gasteiger partial charge in [-0.25, -0.2) is 0 Å². The van der Waals surface area contributed by atoms with E-state index in [0.29, 0.717) is 6.61 Å². The van der Waals surface area contributed by atoms with E-state index in [0.717, 1.165) is 18.1 Å². The second-order valence-electron chi connectivity index (χ2n) is 19.1. The average molecular weight is 772 g/mol. The monoisotopic (exact) mass is 772 g/mol. The first-order valence-electron chi connectivity index (χ1n) is 20.6. The summed E-state index contributed by atoms with van der Waals surface area (Å²) in [5.41, 5.74) is -0.732. The minimum absolute atomic E-state index is 0.0276. The van der Waals surface area contributed by atoms with Gasteiger partial charge in [0, 0.05) is 37.5 Å².